The van der Waals surface area contributed by atoms with Gasteiger partial charge in [0.1, 0.15) is 0 Å². The molecule has 0 unspecified atom stereocenters. The van der Waals surface area contributed by atoms with Crippen LogP contribution in [0.15, 0.2) is 73.3 Å². The highest BCUT2D eigenvalue weighted by Gasteiger charge is 1.95. The van der Waals surface area contributed by atoms with Crippen molar-refractivity contribution in [3.8, 4) is 0 Å². The lowest BCUT2D eigenvalue weighted by atomic mass is 10.0. The average molecular weight is 206 g/mol. The molecule has 0 aliphatic carbocycles. The molecule has 2 aromatic carbocycles. The Kier molecular flexibility index (Phi) is 3.35. The van der Waals surface area contributed by atoms with Gasteiger partial charge in [-0.15, -0.1) is 0 Å². The van der Waals surface area contributed by atoms with Crippen LogP contribution >= 0.6 is 0 Å². The first-order chi connectivity index (χ1) is 7.90. The minimum Gasteiger partial charge on any atom is -0.0984 e. The summed E-state index contributed by atoms with van der Waals surface area (Å²) >= 11 is 0. The molecule has 0 saturated carbocycles. The van der Waals surface area contributed by atoms with Crippen LogP contribution in [0.3, 0.4) is 0 Å². The summed E-state index contributed by atoms with van der Waals surface area (Å²) in [6.07, 6.45) is 4.03. The first kappa shape index (κ1) is 10.4. The van der Waals surface area contributed by atoms with Gasteiger partial charge in [0.05, 0.1) is 0 Å². The van der Waals surface area contributed by atoms with Gasteiger partial charge in [-0.05, 0) is 22.8 Å². The normalized spacial score (nSPS) is 11.1. The number of hydrogen-bond donors (Lipinski definition) is 0. The van der Waals surface area contributed by atoms with E-state index in [0.717, 1.165) is 5.57 Å². The first-order valence-electron chi connectivity index (χ1n) is 5.35. The first-order valence-corrected chi connectivity index (χ1v) is 5.35. The van der Waals surface area contributed by atoms with Crippen LogP contribution in [0.1, 0.15) is 11.1 Å². The fourth-order valence-corrected chi connectivity index (χ4v) is 1.62. The molecule has 0 spiro atoms. The van der Waals surface area contributed by atoms with E-state index >= 15 is 0 Å². The van der Waals surface area contributed by atoms with E-state index in [0.29, 0.717) is 0 Å². The van der Waals surface area contributed by atoms with Crippen LogP contribution in [0.4, 0.5) is 0 Å². The van der Waals surface area contributed by atoms with E-state index in [1.807, 2.05) is 42.5 Å². The maximum Gasteiger partial charge on any atom is -0.0184 e. The summed E-state index contributed by atoms with van der Waals surface area (Å²) in [7, 11) is 0. The molecule has 0 amide bonds. The van der Waals surface area contributed by atoms with Gasteiger partial charge < -0.3 is 0 Å². The Morgan fingerprint density at radius 2 is 1.38 bits per heavy atom. The van der Waals surface area contributed by atoms with Gasteiger partial charge in [-0.2, -0.15) is 0 Å². The Labute approximate surface area is 96.6 Å². The standard InChI is InChI=1S/C16H14/c1-2-15(16-11-7-4-8-12-16)13-14-9-5-3-6-10-14/h2-13H,1H2/b15-13-. The third-order valence-electron chi connectivity index (χ3n) is 2.45. The van der Waals surface area contributed by atoms with Crippen molar-refractivity contribution in [1.29, 1.82) is 0 Å². The second kappa shape index (κ2) is 5.13. The highest BCUT2D eigenvalue weighted by atomic mass is 14.0. The SMILES string of the molecule is C=C/C(=C/c1ccccc1)c1ccccc1. The third kappa shape index (κ3) is 2.48. The van der Waals surface area contributed by atoms with Crippen molar-refractivity contribution in [2.24, 2.45) is 0 Å². The molecule has 0 atom stereocenters. The molecule has 0 heterocycles. The molecule has 0 aromatic heterocycles. The summed E-state index contributed by atoms with van der Waals surface area (Å²) in [5.41, 5.74) is 3.54. The molecule has 2 rings (SSSR count). The maximum atomic E-state index is 3.87. The minimum atomic E-state index is 1.15. The van der Waals surface area contributed by atoms with Crippen LogP contribution in [0.5, 0.6) is 0 Å². The second-order valence-electron chi connectivity index (χ2n) is 3.58. The molecule has 0 bridgehead atoms. The zero-order valence-corrected chi connectivity index (χ0v) is 9.14. The fraction of sp³-hybridized carbons (Fsp3) is 0. The quantitative estimate of drug-likeness (QED) is 0.515. The molecular weight excluding hydrogens is 192 g/mol. The maximum absolute atomic E-state index is 3.87. The van der Waals surface area contributed by atoms with Crippen molar-refractivity contribution in [2.45, 2.75) is 0 Å². The Bertz CT molecular complexity index is 478. The van der Waals surface area contributed by atoms with E-state index in [4.69, 9.17) is 0 Å². The van der Waals surface area contributed by atoms with Crippen molar-refractivity contribution in [1.82, 2.24) is 0 Å². The third-order valence-corrected chi connectivity index (χ3v) is 2.45. The molecule has 0 heteroatoms. The largest absolute Gasteiger partial charge is 0.0984 e. The van der Waals surface area contributed by atoms with Gasteiger partial charge in [0.25, 0.3) is 0 Å². The Morgan fingerprint density at radius 3 is 1.94 bits per heavy atom. The molecule has 0 radical (unpaired) electrons. The number of benzene rings is 2. The van der Waals surface area contributed by atoms with Gasteiger partial charge in [0.2, 0.25) is 0 Å². The van der Waals surface area contributed by atoms with Crippen molar-refractivity contribution in [3.05, 3.63) is 84.4 Å². The Morgan fingerprint density at radius 1 is 0.812 bits per heavy atom. The van der Waals surface area contributed by atoms with Gasteiger partial charge in [-0.25, -0.2) is 0 Å². The van der Waals surface area contributed by atoms with E-state index in [-0.39, 0.29) is 0 Å². The topological polar surface area (TPSA) is 0 Å². The van der Waals surface area contributed by atoms with Gasteiger partial charge in [0, 0.05) is 0 Å². The van der Waals surface area contributed by atoms with E-state index < -0.39 is 0 Å². The molecule has 0 aliphatic heterocycles. The summed E-state index contributed by atoms with van der Waals surface area (Å²) in [6.45, 7) is 3.87. The number of hydrogen-bond acceptors (Lipinski definition) is 0. The molecule has 0 nitrogen and oxygen atoms in total. The number of rotatable bonds is 3. The number of allylic oxidation sites excluding steroid dienone is 2. The fourth-order valence-electron chi connectivity index (χ4n) is 1.62. The lowest BCUT2D eigenvalue weighted by molar-refractivity contribution is 1.62. The summed E-state index contributed by atoms with van der Waals surface area (Å²) in [5, 5.41) is 0. The molecule has 0 N–H and O–H groups in total. The van der Waals surface area contributed by atoms with Gasteiger partial charge in [0.15, 0.2) is 0 Å². The second-order valence-corrected chi connectivity index (χ2v) is 3.58. The monoisotopic (exact) mass is 206 g/mol. The van der Waals surface area contributed by atoms with Crippen molar-refractivity contribution in [3.63, 3.8) is 0 Å². The van der Waals surface area contributed by atoms with Gasteiger partial charge >= 0.3 is 0 Å². The minimum absolute atomic E-state index is 1.15. The van der Waals surface area contributed by atoms with Crippen LogP contribution in [0.25, 0.3) is 11.6 Å². The molecule has 0 aliphatic rings. The molecule has 0 fully saturated rings. The van der Waals surface area contributed by atoms with Gasteiger partial charge in [-0.1, -0.05) is 73.3 Å². The molecule has 2 aromatic rings. The van der Waals surface area contributed by atoms with Crippen LogP contribution in [0.2, 0.25) is 0 Å². The molecule has 0 saturated heterocycles. The zero-order valence-electron chi connectivity index (χ0n) is 9.14. The highest BCUT2D eigenvalue weighted by Crippen LogP contribution is 2.18. The van der Waals surface area contributed by atoms with Crippen molar-refractivity contribution < 1.29 is 0 Å². The smallest absolute Gasteiger partial charge is 0.0184 e. The summed E-state index contributed by atoms with van der Waals surface area (Å²) in [5.74, 6) is 0. The Balaban J connectivity index is 2.38. The van der Waals surface area contributed by atoms with Crippen LogP contribution < -0.4 is 0 Å². The van der Waals surface area contributed by atoms with E-state index in [2.05, 4.69) is 36.9 Å². The molecule has 78 valence electrons. The lowest BCUT2D eigenvalue weighted by Gasteiger charge is -2.02. The molecule has 16 heavy (non-hydrogen) atoms. The summed E-state index contributed by atoms with van der Waals surface area (Å²) in [4.78, 5) is 0. The van der Waals surface area contributed by atoms with E-state index in [1.54, 1.807) is 0 Å². The van der Waals surface area contributed by atoms with Crippen molar-refractivity contribution in [2.75, 3.05) is 0 Å². The van der Waals surface area contributed by atoms with Crippen LogP contribution in [0, 0.1) is 0 Å². The predicted octanol–water partition coefficient (Wildman–Crippen LogP) is 4.41. The predicted molar refractivity (Wildman–Crippen MR) is 71.0 cm³/mol. The van der Waals surface area contributed by atoms with Crippen LogP contribution in [-0.4, -0.2) is 0 Å². The highest BCUT2D eigenvalue weighted by molar-refractivity contribution is 5.87. The van der Waals surface area contributed by atoms with E-state index in [1.165, 1.54) is 11.1 Å². The van der Waals surface area contributed by atoms with Crippen LogP contribution in [-0.2, 0) is 0 Å². The Hall–Kier alpha value is -2.08. The molecular formula is C16H14. The zero-order chi connectivity index (χ0) is 11.2. The van der Waals surface area contributed by atoms with E-state index in [9.17, 15) is 0 Å². The summed E-state index contributed by atoms with van der Waals surface area (Å²) < 4.78 is 0. The summed E-state index contributed by atoms with van der Waals surface area (Å²) in [6, 6.07) is 20.6. The lowest BCUT2D eigenvalue weighted by Crippen LogP contribution is -1.80. The van der Waals surface area contributed by atoms with Gasteiger partial charge in [-0.3, -0.25) is 0 Å². The van der Waals surface area contributed by atoms with Crippen molar-refractivity contribution >= 4 is 11.6 Å². The average Bonchev–Trinajstić information content (AvgIpc) is 2.38.